The first-order valence-corrected chi connectivity index (χ1v) is 35.8. The zero-order valence-electron chi connectivity index (χ0n) is 60.9. The Bertz CT molecular complexity index is 3310. The van der Waals surface area contributed by atoms with Crippen molar-refractivity contribution < 1.29 is 75.1 Å². The van der Waals surface area contributed by atoms with E-state index in [-0.39, 0.29) is 88.3 Å². The molecule has 1 unspecified atom stereocenters. The number of rotatable bonds is 13. The van der Waals surface area contributed by atoms with Crippen LogP contribution in [0, 0.1) is 23.6 Å². The highest BCUT2D eigenvalue weighted by Gasteiger charge is 2.50. The molecule has 4 fully saturated rings. The van der Waals surface area contributed by atoms with E-state index in [0.29, 0.717) is 67.9 Å². The lowest BCUT2D eigenvalue weighted by atomic mass is 9.92. The van der Waals surface area contributed by atoms with Crippen molar-refractivity contribution in [2.45, 2.75) is 205 Å². The lowest BCUT2D eigenvalue weighted by Gasteiger charge is -2.41. The topological polar surface area (TPSA) is 270 Å². The molecule has 24 nitrogen and oxygen atoms in total. The summed E-state index contributed by atoms with van der Waals surface area (Å²) in [6, 6.07) is -0.570. The van der Waals surface area contributed by atoms with E-state index in [1.54, 1.807) is 43.0 Å². The van der Waals surface area contributed by atoms with Gasteiger partial charge in [0.25, 0.3) is 0 Å². The number of fused-ring (bicyclic) bond motifs is 1. The summed E-state index contributed by atoms with van der Waals surface area (Å²) in [6.07, 6.45) is -2.04. The molecule has 1 saturated carbocycles. The third-order valence-corrected chi connectivity index (χ3v) is 20.5. The predicted octanol–water partition coefficient (Wildman–Crippen LogP) is 5.69. The molecule has 6 rings (SSSR count). The Morgan fingerprint density at radius 1 is 0.624 bits per heavy atom. The van der Waals surface area contributed by atoms with Crippen molar-refractivity contribution in [3.8, 4) is 0 Å². The first-order chi connectivity index (χ1) is 47.4. The first kappa shape index (κ1) is 82.0. The lowest BCUT2D eigenvalue weighted by Crippen LogP contribution is -2.64. The molecule has 4 aliphatic rings. The zero-order valence-corrected chi connectivity index (χ0v) is 61.6. The number of aryl methyl sites for hydroxylation is 1. The minimum atomic E-state index is -5.02. The average Bonchev–Trinajstić information content (AvgIpc) is 1.74. The molecule has 560 valence electrons. The number of alkyl halides is 3. The van der Waals surface area contributed by atoms with Crippen molar-refractivity contribution in [3.63, 3.8) is 0 Å². The van der Waals surface area contributed by atoms with Gasteiger partial charge >= 0.3 is 6.18 Å². The normalized spacial score (nSPS) is 24.6. The van der Waals surface area contributed by atoms with Crippen molar-refractivity contribution in [1.29, 1.82) is 0 Å². The summed E-state index contributed by atoms with van der Waals surface area (Å²) >= 11 is 6.25. The van der Waals surface area contributed by atoms with Gasteiger partial charge in [0.05, 0.1) is 31.6 Å². The number of likely N-dealkylation sites (tertiary alicyclic amines) is 1. The molecule has 8 atom stereocenters. The molecule has 3 heterocycles. The van der Waals surface area contributed by atoms with Crippen molar-refractivity contribution in [2.24, 2.45) is 17.8 Å². The third-order valence-electron chi connectivity index (χ3n) is 20.3. The van der Waals surface area contributed by atoms with Gasteiger partial charge in [-0.25, -0.2) is 4.39 Å². The molecule has 0 bridgehead atoms. The summed E-state index contributed by atoms with van der Waals surface area (Å²) in [6.45, 7) is 11.2. The predicted molar refractivity (Wildman–Crippen MR) is 370 cm³/mol. The summed E-state index contributed by atoms with van der Waals surface area (Å²) in [7, 11) is 8.24. The number of hydrogen-bond acceptors (Lipinski definition) is 12. The minimum absolute atomic E-state index is 0.0303. The zero-order chi connectivity index (χ0) is 75.1. The standard InChI is InChI=1S/C72H105ClF4N12O12/c1-14-46(7)62-69(100)83(10)42-60(92)81(8)43-61(93)88(15-2)57(39-48-23-27-49(73)28-24-48)66(97)82(9)41-58(90)78-52(30-26-47-25-29-50(51(74)38-47)72(75,76)77)65(96)89-35-21-22-53(89)64(95)80-71(31-17-18-32-71)70(101)86(13)55(37-45(5)6)67(98)85(12)56(68(99)87-33-19-16-20-34-87)40-59(91)84(11)54(36-44(3)4)63(94)79-62/h23-25,27-29,38,44-46,52-57,62H,14-22,26,30-37,39-43H2,1-13H3,(H,78,90)(H,79,94)(H,80,95)/t46-,52-,53?,54-,55-,56-,57-,62-/m0/s1. The molecule has 2 aromatic carbocycles. The van der Waals surface area contributed by atoms with Gasteiger partial charge in [-0.1, -0.05) is 90.6 Å². The Balaban J connectivity index is 1.45. The van der Waals surface area contributed by atoms with Gasteiger partial charge in [0.2, 0.25) is 70.9 Å². The number of amides is 12. The third kappa shape index (κ3) is 21.1. The first-order valence-electron chi connectivity index (χ1n) is 35.4. The van der Waals surface area contributed by atoms with Gasteiger partial charge in [0.15, 0.2) is 0 Å². The number of nitrogens with zero attached hydrogens (tertiary/aromatic N) is 9. The molecule has 3 aliphatic heterocycles. The molecule has 12 amide bonds. The van der Waals surface area contributed by atoms with Gasteiger partial charge in [-0.15, -0.1) is 0 Å². The highest BCUT2D eigenvalue weighted by atomic mass is 35.5. The van der Waals surface area contributed by atoms with Crippen LogP contribution in [0.1, 0.15) is 155 Å². The fourth-order valence-corrected chi connectivity index (χ4v) is 14.1. The Labute approximate surface area is 596 Å². The smallest absolute Gasteiger partial charge is 0.343 e. The average molecular weight is 1440 g/mol. The minimum Gasteiger partial charge on any atom is -0.343 e. The van der Waals surface area contributed by atoms with Crippen LogP contribution in [-0.4, -0.2) is 251 Å². The van der Waals surface area contributed by atoms with Gasteiger partial charge in [-0.3, -0.25) is 57.5 Å². The number of benzene rings is 2. The van der Waals surface area contributed by atoms with Gasteiger partial charge < -0.3 is 60.0 Å². The lowest BCUT2D eigenvalue weighted by molar-refractivity contribution is -0.155. The Morgan fingerprint density at radius 2 is 1.22 bits per heavy atom. The maximum Gasteiger partial charge on any atom is 0.419 e. The van der Waals surface area contributed by atoms with Crippen LogP contribution in [0.2, 0.25) is 5.02 Å². The molecule has 1 aliphatic carbocycles. The van der Waals surface area contributed by atoms with Crippen molar-refractivity contribution in [1.82, 2.24) is 60.0 Å². The molecule has 3 N–H and O–H groups in total. The Morgan fingerprint density at radius 3 is 1.80 bits per heavy atom. The van der Waals surface area contributed by atoms with E-state index in [9.17, 15) is 46.7 Å². The van der Waals surface area contributed by atoms with Crippen molar-refractivity contribution in [3.05, 3.63) is 70.0 Å². The van der Waals surface area contributed by atoms with Crippen LogP contribution >= 0.6 is 11.6 Å². The quantitative estimate of drug-likeness (QED) is 0.204. The van der Waals surface area contributed by atoms with Crippen LogP contribution < -0.4 is 16.0 Å². The number of carbonyl (C=O) groups is 12. The summed E-state index contributed by atoms with van der Waals surface area (Å²) in [5.74, 6) is -11.0. The van der Waals surface area contributed by atoms with Crippen LogP contribution in [-0.2, 0) is 76.6 Å². The maximum atomic E-state index is 15.5. The fourth-order valence-electron chi connectivity index (χ4n) is 14.0. The molecule has 1 spiro atoms. The van der Waals surface area contributed by atoms with Gasteiger partial charge in [-0.2, -0.15) is 13.2 Å². The van der Waals surface area contributed by atoms with Crippen molar-refractivity contribution in [2.75, 3.05) is 88.1 Å². The molecular weight excluding hydrogens is 1340 g/mol. The van der Waals surface area contributed by atoms with Gasteiger partial charge in [0.1, 0.15) is 53.6 Å². The highest BCUT2D eigenvalue weighted by Crippen LogP contribution is 2.35. The van der Waals surface area contributed by atoms with E-state index < -0.39 is 168 Å². The summed E-state index contributed by atoms with van der Waals surface area (Å²) in [5.41, 5.74) is -2.56. The van der Waals surface area contributed by atoms with E-state index in [0.717, 1.165) is 27.2 Å². The van der Waals surface area contributed by atoms with Crippen LogP contribution in [0.4, 0.5) is 17.6 Å². The van der Waals surface area contributed by atoms with E-state index in [1.165, 1.54) is 66.8 Å². The number of hydrogen-bond donors (Lipinski definition) is 3. The summed E-state index contributed by atoms with van der Waals surface area (Å²) < 4.78 is 56.2. The Hall–Kier alpha value is -7.91. The van der Waals surface area contributed by atoms with Gasteiger partial charge in [0, 0.05) is 79.9 Å². The number of piperidine rings is 1. The molecule has 0 aromatic heterocycles. The molecule has 29 heteroatoms. The second-order valence-electron chi connectivity index (χ2n) is 28.7. The van der Waals surface area contributed by atoms with E-state index >= 15 is 28.4 Å². The molecule has 2 aromatic rings. The molecule has 0 radical (unpaired) electrons. The second kappa shape index (κ2) is 36.3. The molecular formula is C72H105ClF4N12O12. The van der Waals surface area contributed by atoms with E-state index in [2.05, 4.69) is 16.0 Å². The van der Waals surface area contributed by atoms with Crippen LogP contribution in [0.15, 0.2) is 42.5 Å². The fraction of sp³-hybridized carbons (Fsp3) is 0.667. The Kier molecular flexibility index (Phi) is 29.5. The summed E-state index contributed by atoms with van der Waals surface area (Å²) in [4.78, 5) is 190. The highest BCUT2D eigenvalue weighted by molar-refractivity contribution is 6.30. The number of carbonyl (C=O) groups excluding carboxylic acids is 12. The summed E-state index contributed by atoms with van der Waals surface area (Å²) in [5, 5.41) is 8.93. The second-order valence-corrected chi connectivity index (χ2v) is 29.2. The van der Waals surface area contributed by atoms with Crippen LogP contribution in [0.5, 0.6) is 0 Å². The number of likely N-dealkylation sites (N-methyl/N-ethyl adjacent to an activating group) is 7. The van der Waals surface area contributed by atoms with Crippen molar-refractivity contribution >= 4 is 82.5 Å². The van der Waals surface area contributed by atoms with E-state index in [4.69, 9.17) is 11.6 Å². The SMILES string of the molecule is CC[C@H](C)[C@@H]1NC(=O)[C@H](CC(C)C)N(C)C(=O)C[C@@H](C(=O)N2CCCCC2)N(C)C(=O)[C@H](CC(C)C)N(C)C(=O)C2(CCCC2)NC(=O)C2CCCN2C(=O)[C@H](CCc2ccc(C(F)(F)F)c(F)c2)NC(=O)CN(C)C(=O)[C@H](Cc2ccc(Cl)cc2)N(CC)C(=O)CN(C)C(=O)CN(C)C1=O. The monoisotopic (exact) mass is 1440 g/mol. The largest absolute Gasteiger partial charge is 0.419 e. The molecule has 3 saturated heterocycles. The number of nitrogens with one attached hydrogen (secondary N) is 3. The van der Waals surface area contributed by atoms with Crippen LogP contribution in [0.3, 0.4) is 0 Å². The maximum absolute atomic E-state index is 15.5. The van der Waals surface area contributed by atoms with E-state index in [1.807, 2.05) is 34.6 Å². The molecule has 101 heavy (non-hydrogen) atoms. The van der Waals surface area contributed by atoms with Gasteiger partial charge in [-0.05, 0) is 131 Å². The van der Waals surface area contributed by atoms with Crippen LogP contribution in [0.25, 0.3) is 0 Å². The number of halogens is 5.